The van der Waals surface area contributed by atoms with E-state index in [9.17, 15) is 13.2 Å². The van der Waals surface area contributed by atoms with Gasteiger partial charge in [-0.3, -0.25) is 5.10 Å². The van der Waals surface area contributed by atoms with Gasteiger partial charge in [0.2, 0.25) is 11.8 Å². The Morgan fingerprint density at radius 1 is 0.941 bits per heavy atom. The molecule has 0 saturated heterocycles. The molecule has 4 aromatic rings. The van der Waals surface area contributed by atoms with Crippen molar-refractivity contribution in [3.05, 3.63) is 66.4 Å². The number of halogens is 3. The van der Waals surface area contributed by atoms with Crippen LogP contribution < -0.4 is 14.8 Å². The number of hydrogen-bond donors (Lipinski definition) is 2. The highest BCUT2D eigenvalue weighted by Crippen LogP contribution is 2.31. The van der Waals surface area contributed by atoms with E-state index >= 15 is 0 Å². The van der Waals surface area contributed by atoms with E-state index < -0.39 is 17.3 Å². The van der Waals surface area contributed by atoms with E-state index in [0.29, 0.717) is 23.0 Å². The Kier molecular flexibility index (Phi) is 6.10. The Morgan fingerprint density at radius 2 is 1.74 bits per heavy atom. The van der Waals surface area contributed by atoms with Crippen LogP contribution in [0.25, 0.3) is 11.4 Å². The van der Waals surface area contributed by atoms with Crippen LogP contribution in [0, 0.1) is 0 Å². The van der Waals surface area contributed by atoms with Crippen LogP contribution >= 0.6 is 0 Å². The minimum atomic E-state index is -4.44. The van der Waals surface area contributed by atoms with E-state index in [-0.39, 0.29) is 17.6 Å². The van der Waals surface area contributed by atoms with E-state index in [4.69, 9.17) is 9.47 Å². The highest BCUT2D eigenvalue weighted by Gasteiger charge is 2.30. The summed E-state index contributed by atoms with van der Waals surface area (Å²) in [4.78, 5) is 12.6. The zero-order chi connectivity index (χ0) is 24.3. The van der Waals surface area contributed by atoms with Gasteiger partial charge < -0.3 is 14.8 Å². The van der Waals surface area contributed by atoms with Gasteiger partial charge in [-0.15, -0.1) is 5.10 Å². The molecule has 2 aromatic heterocycles. The van der Waals surface area contributed by atoms with Crippen molar-refractivity contribution in [3.8, 4) is 29.0 Å². The van der Waals surface area contributed by atoms with Crippen LogP contribution in [-0.4, -0.2) is 30.8 Å². The molecule has 0 aliphatic heterocycles. The first-order valence-electron chi connectivity index (χ1n) is 10.2. The Hall–Kier alpha value is -4.15. The molecule has 0 fully saturated rings. The molecule has 2 N–H and O–H groups in total. The van der Waals surface area contributed by atoms with Gasteiger partial charge in [0.25, 0.3) is 0 Å². The molecular weight excluding hydrogens is 449 g/mol. The summed E-state index contributed by atoms with van der Waals surface area (Å²) in [7, 11) is 0. The molecule has 2 heterocycles. The second-order valence-corrected chi connectivity index (χ2v) is 8.23. The van der Waals surface area contributed by atoms with Crippen molar-refractivity contribution in [2.75, 3.05) is 5.32 Å². The van der Waals surface area contributed by atoms with Crippen molar-refractivity contribution >= 4 is 11.6 Å². The van der Waals surface area contributed by atoms with Crippen LogP contribution in [0.15, 0.2) is 60.8 Å². The van der Waals surface area contributed by atoms with E-state index in [1.165, 1.54) is 18.3 Å². The number of alkyl halides is 3. The molecule has 11 heteroatoms. The van der Waals surface area contributed by atoms with Crippen molar-refractivity contribution in [2.24, 2.45) is 0 Å². The topological polar surface area (TPSA) is 97.8 Å². The monoisotopic (exact) mass is 470 g/mol. The molecule has 8 nitrogen and oxygen atoms in total. The maximum absolute atomic E-state index is 12.9. The lowest BCUT2D eigenvalue weighted by molar-refractivity contribution is -0.137. The van der Waals surface area contributed by atoms with Gasteiger partial charge >= 0.3 is 12.2 Å². The number of H-pyrrole nitrogens is 1. The zero-order valence-corrected chi connectivity index (χ0v) is 18.5. The summed E-state index contributed by atoms with van der Waals surface area (Å²) in [5.41, 5.74) is -0.347. The molecule has 176 valence electrons. The smallest absolute Gasteiger partial charge is 0.416 e. The number of ether oxygens (including phenoxy) is 2. The first-order chi connectivity index (χ1) is 16.0. The molecule has 0 aliphatic carbocycles. The molecule has 0 bridgehead atoms. The maximum Gasteiger partial charge on any atom is 0.416 e. The lowest BCUT2D eigenvalue weighted by Gasteiger charge is -2.19. The molecule has 2 aromatic carbocycles. The quantitative estimate of drug-likeness (QED) is 0.357. The summed E-state index contributed by atoms with van der Waals surface area (Å²) in [6.07, 6.45) is -2.90. The number of nitrogens with zero attached hydrogens (tertiary/aromatic N) is 4. The molecule has 0 amide bonds. The van der Waals surface area contributed by atoms with E-state index in [0.717, 1.165) is 12.1 Å². The van der Waals surface area contributed by atoms with E-state index in [1.807, 2.05) is 20.8 Å². The third-order valence-corrected chi connectivity index (χ3v) is 4.27. The van der Waals surface area contributed by atoms with Gasteiger partial charge in [-0.25, -0.2) is 4.98 Å². The lowest BCUT2D eigenvalue weighted by Crippen LogP contribution is -2.24. The summed E-state index contributed by atoms with van der Waals surface area (Å²) in [5, 5.41) is 9.57. The van der Waals surface area contributed by atoms with Gasteiger partial charge in [-0.05, 0) is 51.1 Å². The molecular formula is C23H21F3N6O2. The fourth-order valence-corrected chi connectivity index (χ4v) is 2.88. The Balaban J connectivity index is 1.49. The van der Waals surface area contributed by atoms with Gasteiger partial charge in [-0.2, -0.15) is 23.1 Å². The average molecular weight is 470 g/mol. The first-order valence-corrected chi connectivity index (χ1v) is 10.2. The number of rotatable bonds is 6. The van der Waals surface area contributed by atoms with Crippen molar-refractivity contribution in [2.45, 2.75) is 32.5 Å². The molecule has 34 heavy (non-hydrogen) atoms. The SMILES string of the molecule is CC(C)(C)Oc1nccc(Oc2cccc(-c3nc(Nc4cccc(C(F)(F)F)c4)n[nH]3)c2)n1. The third-order valence-electron chi connectivity index (χ3n) is 4.27. The van der Waals surface area contributed by atoms with Gasteiger partial charge in [0, 0.05) is 23.5 Å². The highest BCUT2D eigenvalue weighted by molar-refractivity contribution is 5.61. The summed E-state index contributed by atoms with van der Waals surface area (Å²) in [6.45, 7) is 5.67. The van der Waals surface area contributed by atoms with Gasteiger partial charge in [0.05, 0.1) is 5.56 Å². The lowest BCUT2D eigenvalue weighted by atomic mass is 10.2. The summed E-state index contributed by atoms with van der Waals surface area (Å²) in [6, 6.07) is 13.6. The summed E-state index contributed by atoms with van der Waals surface area (Å²) >= 11 is 0. The predicted molar refractivity (Wildman–Crippen MR) is 119 cm³/mol. The molecule has 0 spiro atoms. The van der Waals surface area contributed by atoms with Crippen molar-refractivity contribution in [3.63, 3.8) is 0 Å². The third kappa shape index (κ3) is 6.00. The number of aromatic amines is 1. The number of benzene rings is 2. The van der Waals surface area contributed by atoms with E-state index in [1.54, 1.807) is 30.3 Å². The maximum atomic E-state index is 12.9. The number of aromatic nitrogens is 5. The Labute approximate surface area is 193 Å². The normalized spacial score (nSPS) is 11.8. The molecule has 0 aliphatic rings. The van der Waals surface area contributed by atoms with Crippen molar-refractivity contribution in [1.29, 1.82) is 0 Å². The van der Waals surface area contributed by atoms with Crippen LogP contribution in [0.1, 0.15) is 26.3 Å². The summed E-state index contributed by atoms with van der Waals surface area (Å²) in [5.74, 6) is 1.32. The second kappa shape index (κ2) is 9.00. The largest absolute Gasteiger partial charge is 0.458 e. The molecule has 0 radical (unpaired) electrons. The fraction of sp³-hybridized carbons (Fsp3) is 0.217. The molecule has 0 atom stereocenters. The van der Waals surface area contributed by atoms with Crippen LogP contribution in [0.4, 0.5) is 24.8 Å². The van der Waals surface area contributed by atoms with E-state index in [2.05, 4.69) is 30.5 Å². The van der Waals surface area contributed by atoms with Gasteiger partial charge in [0.1, 0.15) is 11.4 Å². The Bertz CT molecular complexity index is 1280. The molecule has 0 unspecified atom stereocenters. The van der Waals surface area contributed by atoms with Gasteiger partial charge in [0.15, 0.2) is 5.82 Å². The predicted octanol–water partition coefficient (Wildman–Crippen LogP) is 5.99. The van der Waals surface area contributed by atoms with Crippen molar-refractivity contribution < 1.29 is 22.6 Å². The first kappa shape index (κ1) is 23.0. The summed E-state index contributed by atoms with van der Waals surface area (Å²) < 4.78 is 50.3. The minimum Gasteiger partial charge on any atom is -0.458 e. The van der Waals surface area contributed by atoms with Crippen LogP contribution in [0.3, 0.4) is 0 Å². The standard InChI is InChI=1S/C23H21F3N6O2/c1-22(2,3)34-21-27-11-10-18(29-21)33-17-9-4-6-14(12-17)19-30-20(32-31-19)28-16-8-5-7-15(13-16)23(24,25)26/h4-13H,1-3H3,(H2,28,30,31,32). The minimum absolute atomic E-state index is 0.125. The highest BCUT2D eigenvalue weighted by atomic mass is 19.4. The fourth-order valence-electron chi connectivity index (χ4n) is 2.88. The molecule has 4 rings (SSSR count). The number of hydrogen-bond acceptors (Lipinski definition) is 7. The van der Waals surface area contributed by atoms with Crippen LogP contribution in [0.5, 0.6) is 17.6 Å². The number of anilines is 2. The van der Waals surface area contributed by atoms with Gasteiger partial charge in [-0.1, -0.05) is 18.2 Å². The second-order valence-electron chi connectivity index (χ2n) is 8.23. The zero-order valence-electron chi connectivity index (χ0n) is 18.5. The Morgan fingerprint density at radius 3 is 2.50 bits per heavy atom. The van der Waals surface area contributed by atoms with Crippen molar-refractivity contribution in [1.82, 2.24) is 25.1 Å². The molecule has 0 saturated carbocycles. The number of nitrogens with one attached hydrogen (secondary N) is 2. The van der Waals surface area contributed by atoms with Crippen LogP contribution in [-0.2, 0) is 6.18 Å². The van der Waals surface area contributed by atoms with Crippen LogP contribution in [0.2, 0.25) is 0 Å². The average Bonchev–Trinajstić information content (AvgIpc) is 3.21.